The third kappa shape index (κ3) is 13.7. The van der Waals surface area contributed by atoms with Crippen LogP contribution in [-0.4, -0.2) is 31.0 Å². The van der Waals surface area contributed by atoms with Crippen molar-refractivity contribution in [2.24, 2.45) is 0 Å². The predicted octanol–water partition coefficient (Wildman–Crippen LogP) is 10.8. The van der Waals surface area contributed by atoms with E-state index < -0.39 is 24.4 Å². The minimum Gasteiger partial charge on any atom is -0.486 e. The molecule has 274 valence electrons. The molecule has 0 aliphatic carbocycles. The Hall–Kier alpha value is -4.18. The van der Waals surface area contributed by atoms with E-state index >= 15 is 0 Å². The maximum absolute atomic E-state index is 6.83. The molecule has 52 heavy (non-hydrogen) atoms. The maximum atomic E-state index is 6.83. The third-order valence-electron chi connectivity index (χ3n) is 9.26. The van der Waals surface area contributed by atoms with Crippen molar-refractivity contribution >= 4 is 0 Å². The van der Waals surface area contributed by atoms with Gasteiger partial charge in [-0.2, -0.15) is 0 Å². The highest BCUT2D eigenvalue weighted by molar-refractivity contribution is 5.25. The van der Waals surface area contributed by atoms with E-state index in [0.29, 0.717) is 38.8 Å². The largest absolute Gasteiger partial charge is 0.486 e. The van der Waals surface area contributed by atoms with Crippen molar-refractivity contribution < 1.29 is 23.7 Å². The quantitative estimate of drug-likeness (QED) is 0.0640. The highest BCUT2D eigenvalue weighted by Gasteiger charge is 2.46. The van der Waals surface area contributed by atoms with Gasteiger partial charge in [-0.1, -0.05) is 185 Å². The summed E-state index contributed by atoms with van der Waals surface area (Å²) >= 11 is 0. The molecule has 5 rings (SSSR count). The second kappa shape index (κ2) is 23.4. The molecular weight excluding hydrogens is 645 g/mol. The molecule has 1 saturated heterocycles. The summed E-state index contributed by atoms with van der Waals surface area (Å²) in [6.45, 7) is 4.24. The molecule has 4 aromatic rings. The third-order valence-corrected chi connectivity index (χ3v) is 9.26. The lowest BCUT2D eigenvalue weighted by molar-refractivity contribution is -0.223. The van der Waals surface area contributed by atoms with E-state index in [-0.39, 0.29) is 0 Å². The van der Waals surface area contributed by atoms with Gasteiger partial charge in [0.1, 0.15) is 24.1 Å². The van der Waals surface area contributed by atoms with Crippen molar-refractivity contribution in [3.05, 3.63) is 155 Å². The predicted molar refractivity (Wildman–Crippen MR) is 209 cm³/mol. The monoisotopic (exact) mass is 700 g/mol. The van der Waals surface area contributed by atoms with Gasteiger partial charge < -0.3 is 23.7 Å². The van der Waals surface area contributed by atoms with Crippen LogP contribution < -0.4 is 0 Å². The first-order chi connectivity index (χ1) is 25.8. The molecule has 0 saturated carbocycles. The smallest absolute Gasteiger partial charge is 0.150 e. The molecule has 0 N–H and O–H groups in total. The molecule has 0 amide bonds. The Morgan fingerprint density at radius 1 is 0.538 bits per heavy atom. The molecule has 5 nitrogen and oxygen atoms in total. The van der Waals surface area contributed by atoms with E-state index in [1.54, 1.807) is 0 Å². The van der Waals surface area contributed by atoms with Crippen LogP contribution in [0.5, 0.6) is 0 Å². The van der Waals surface area contributed by atoms with Crippen LogP contribution in [0.2, 0.25) is 0 Å². The molecule has 4 aromatic carbocycles. The number of rotatable bonds is 21. The highest BCUT2D eigenvalue weighted by atomic mass is 16.6. The van der Waals surface area contributed by atoms with Gasteiger partial charge >= 0.3 is 0 Å². The summed E-state index contributed by atoms with van der Waals surface area (Å²) in [5.41, 5.74) is 4.32. The lowest BCUT2D eigenvalue weighted by Gasteiger charge is -2.43. The summed E-state index contributed by atoms with van der Waals surface area (Å²) in [4.78, 5) is 0. The zero-order valence-electron chi connectivity index (χ0n) is 30.9. The van der Waals surface area contributed by atoms with Gasteiger partial charge in [-0.15, -0.1) is 0 Å². The van der Waals surface area contributed by atoms with E-state index in [9.17, 15) is 0 Å². The summed E-state index contributed by atoms with van der Waals surface area (Å²) in [5.74, 6) is 7.34. The second-order valence-corrected chi connectivity index (χ2v) is 13.5. The van der Waals surface area contributed by atoms with E-state index in [2.05, 4.69) is 67.3 Å². The standard InChI is InChI=1S/C47H56O5/c1-2-3-4-5-6-7-8-9-10-11-24-33-43-45(49-35-40-27-18-13-19-28-40)47(51-37-42-31-22-15-23-32-42)46(50-36-41-29-20-14-21-30-41)44(52-43)38-48-34-39-25-16-12-17-26-39/h12-23,25-33,44-47H,2-10,34-38H2,1H3/b43-33-/t44-,45+,46+,47-/m1/s1. The van der Waals surface area contributed by atoms with Crippen LogP contribution in [0.25, 0.3) is 0 Å². The molecule has 1 heterocycles. The first kappa shape index (κ1) is 39.0. The minimum absolute atomic E-state index is 0.313. The molecule has 4 atom stereocenters. The van der Waals surface area contributed by atoms with Gasteiger partial charge in [-0.05, 0) is 28.7 Å². The lowest BCUT2D eigenvalue weighted by atomic mass is 9.96. The number of ether oxygens (including phenoxy) is 5. The first-order valence-corrected chi connectivity index (χ1v) is 19.2. The molecular formula is C47H56O5. The number of hydrogen-bond acceptors (Lipinski definition) is 5. The van der Waals surface area contributed by atoms with Crippen LogP contribution in [0.15, 0.2) is 133 Å². The zero-order valence-corrected chi connectivity index (χ0v) is 30.9. The summed E-state index contributed by atoms with van der Waals surface area (Å²) in [5, 5.41) is 0. The fourth-order valence-corrected chi connectivity index (χ4v) is 6.36. The van der Waals surface area contributed by atoms with E-state index in [1.807, 2.05) is 78.9 Å². The average molecular weight is 701 g/mol. The van der Waals surface area contributed by atoms with E-state index in [1.165, 1.54) is 44.9 Å². The normalized spacial score (nSPS) is 19.1. The molecule has 1 aliphatic rings. The fraction of sp³-hybridized carbons (Fsp3) is 0.404. The summed E-state index contributed by atoms with van der Waals surface area (Å²) < 4.78 is 33.4. The number of unbranched alkanes of at least 4 members (excludes halogenated alkanes) is 8. The van der Waals surface area contributed by atoms with Crippen LogP contribution in [0.3, 0.4) is 0 Å². The molecule has 5 heteroatoms. The average Bonchev–Trinajstić information content (AvgIpc) is 3.19. The summed E-state index contributed by atoms with van der Waals surface area (Å²) in [7, 11) is 0. The Kier molecular flexibility index (Phi) is 17.6. The van der Waals surface area contributed by atoms with Crippen molar-refractivity contribution in [2.75, 3.05) is 6.61 Å². The highest BCUT2D eigenvalue weighted by Crippen LogP contribution is 2.33. The topological polar surface area (TPSA) is 46.2 Å². The van der Waals surface area contributed by atoms with Gasteiger partial charge in [-0.3, -0.25) is 0 Å². The molecule has 0 unspecified atom stereocenters. The van der Waals surface area contributed by atoms with Crippen molar-refractivity contribution in [1.82, 2.24) is 0 Å². The van der Waals surface area contributed by atoms with Crippen molar-refractivity contribution in [2.45, 2.75) is 116 Å². The number of allylic oxidation sites excluding steroid dienone is 1. The molecule has 1 fully saturated rings. The van der Waals surface area contributed by atoms with Crippen molar-refractivity contribution in [1.29, 1.82) is 0 Å². The molecule has 0 aromatic heterocycles. The summed E-state index contributed by atoms with van der Waals surface area (Å²) in [6, 6.07) is 40.8. The Morgan fingerprint density at radius 3 is 1.54 bits per heavy atom. The zero-order chi connectivity index (χ0) is 35.9. The van der Waals surface area contributed by atoms with Crippen molar-refractivity contribution in [3.8, 4) is 11.8 Å². The van der Waals surface area contributed by atoms with Gasteiger partial charge in [0.15, 0.2) is 6.10 Å². The SMILES string of the molecule is CCCCCCCCCCC#C/C=C1\O[C@H](COCc2ccccc2)[C@H](OCc2ccccc2)[C@H](OCc2ccccc2)[C@H]1OCc1ccccc1. The minimum atomic E-state index is -0.549. The molecule has 0 bridgehead atoms. The van der Waals surface area contributed by atoms with Gasteiger partial charge in [-0.25, -0.2) is 0 Å². The van der Waals surface area contributed by atoms with Crippen LogP contribution in [0.4, 0.5) is 0 Å². The van der Waals surface area contributed by atoms with Gasteiger partial charge in [0.25, 0.3) is 0 Å². The Bertz CT molecular complexity index is 1600. The van der Waals surface area contributed by atoms with Crippen LogP contribution in [0.1, 0.15) is 87.0 Å². The Balaban J connectivity index is 1.38. The molecule has 1 aliphatic heterocycles. The Labute approximate surface area is 312 Å². The lowest BCUT2D eigenvalue weighted by Crippen LogP contribution is -2.56. The van der Waals surface area contributed by atoms with Crippen LogP contribution >= 0.6 is 0 Å². The Morgan fingerprint density at radius 2 is 1.00 bits per heavy atom. The number of benzene rings is 4. The maximum Gasteiger partial charge on any atom is 0.150 e. The van der Waals surface area contributed by atoms with Crippen molar-refractivity contribution in [3.63, 3.8) is 0 Å². The molecule has 0 radical (unpaired) electrons. The fourth-order valence-electron chi connectivity index (χ4n) is 6.36. The van der Waals surface area contributed by atoms with Gasteiger partial charge in [0.2, 0.25) is 0 Å². The number of hydrogen-bond donors (Lipinski definition) is 0. The van der Waals surface area contributed by atoms with Crippen LogP contribution in [0, 0.1) is 11.8 Å². The van der Waals surface area contributed by atoms with E-state index in [0.717, 1.165) is 35.1 Å². The second-order valence-electron chi connectivity index (χ2n) is 13.5. The van der Waals surface area contributed by atoms with Gasteiger partial charge in [0.05, 0.1) is 33.0 Å². The van der Waals surface area contributed by atoms with Gasteiger partial charge in [0, 0.05) is 12.5 Å². The van der Waals surface area contributed by atoms with Crippen LogP contribution in [-0.2, 0) is 50.1 Å². The summed E-state index contributed by atoms with van der Waals surface area (Å²) in [6.07, 6.45) is 11.0. The first-order valence-electron chi connectivity index (χ1n) is 19.2. The molecule has 0 spiro atoms. The van der Waals surface area contributed by atoms with E-state index in [4.69, 9.17) is 23.7 Å².